The van der Waals surface area contributed by atoms with E-state index in [4.69, 9.17) is 16.4 Å². The number of morpholine rings is 1. The van der Waals surface area contributed by atoms with E-state index >= 15 is 0 Å². The lowest BCUT2D eigenvalue weighted by Crippen LogP contribution is -2.53. The van der Waals surface area contributed by atoms with Crippen LogP contribution in [0, 0.1) is 0 Å². The molecule has 35 heavy (non-hydrogen) atoms. The smallest absolute Gasteiger partial charge is 0.274 e. The van der Waals surface area contributed by atoms with Crippen molar-refractivity contribution in [2.45, 2.75) is 31.0 Å². The molecule has 1 aliphatic heterocycles. The molecular weight excluding hydrogens is 480 g/mol. The third kappa shape index (κ3) is 6.33. The van der Waals surface area contributed by atoms with Gasteiger partial charge in [0.05, 0.1) is 35.7 Å². The predicted octanol–water partition coefficient (Wildman–Crippen LogP) is 2.00. The number of anilines is 1. The van der Waals surface area contributed by atoms with Gasteiger partial charge in [-0.1, -0.05) is 12.1 Å². The molecule has 5 N–H and O–H groups in total. The summed E-state index contributed by atoms with van der Waals surface area (Å²) >= 11 is 0.981. The van der Waals surface area contributed by atoms with Gasteiger partial charge in [0.25, 0.3) is 17.7 Å². The quantitative estimate of drug-likeness (QED) is 0.440. The van der Waals surface area contributed by atoms with E-state index in [1.807, 2.05) is 37.2 Å². The first kappa shape index (κ1) is 27.0. The lowest BCUT2D eigenvalue weighted by molar-refractivity contribution is -0.137. The largest absolute Gasteiger partial charge is 0.377 e. The highest BCUT2D eigenvalue weighted by atomic mass is 32.1. The van der Waals surface area contributed by atoms with Crippen molar-refractivity contribution >= 4 is 28.8 Å². The van der Waals surface area contributed by atoms with Gasteiger partial charge < -0.3 is 25.6 Å². The van der Waals surface area contributed by atoms with Gasteiger partial charge in [-0.3, -0.25) is 14.4 Å². The highest BCUT2D eigenvalue weighted by Crippen LogP contribution is 2.32. The fourth-order valence-corrected chi connectivity index (χ4v) is 4.86. The monoisotopic (exact) mass is 511 g/mol. The minimum atomic E-state index is -3.26. The van der Waals surface area contributed by atoms with E-state index in [9.17, 15) is 18.4 Å². The molecule has 2 unspecified atom stereocenters. The number of halogens is 2. The number of carbonyl (C=O) groups excluding carboxylic acids is 2. The molecule has 1 aromatic heterocycles. The number of alkyl halides is 2. The van der Waals surface area contributed by atoms with Crippen molar-refractivity contribution < 1.29 is 27.9 Å². The molecule has 3 atom stereocenters. The maximum atomic E-state index is 13.7. The third-order valence-corrected chi connectivity index (χ3v) is 6.94. The van der Waals surface area contributed by atoms with Crippen LogP contribution in [-0.4, -0.2) is 75.2 Å². The van der Waals surface area contributed by atoms with Crippen molar-refractivity contribution in [1.29, 1.82) is 0 Å². The first-order chi connectivity index (χ1) is 16.5. The summed E-state index contributed by atoms with van der Waals surface area (Å²) in [7, 11) is 3.74. The third-order valence-electron chi connectivity index (χ3n) is 5.75. The second kappa shape index (κ2) is 11.4. The second-order valence-electron chi connectivity index (χ2n) is 8.59. The number of nitrogens with zero attached hydrogens (tertiary/aromatic N) is 2. The van der Waals surface area contributed by atoms with Gasteiger partial charge in [0.1, 0.15) is 0 Å². The molecular formula is C23H31F2N5O4S. The Morgan fingerprint density at radius 2 is 2.03 bits per heavy atom. The summed E-state index contributed by atoms with van der Waals surface area (Å²) in [5, 5.41) is 2.81. The minimum absolute atomic E-state index is 0.144. The van der Waals surface area contributed by atoms with E-state index in [1.165, 1.54) is 12.1 Å². The van der Waals surface area contributed by atoms with Gasteiger partial charge in [-0.15, -0.1) is 11.3 Å². The van der Waals surface area contributed by atoms with Gasteiger partial charge >= 0.3 is 0 Å². The highest BCUT2D eigenvalue weighted by Gasteiger charge is 2.41. The average molecular weight is 512 g/mol. The van der Waals surface area contributed by atoms with Crippen LogP contribution in [0.25, 0.3) is 0 Å². The Morgan fingerprint density at radius 1 is 1.31 bits per heavy atom. The summed E-state index contributed by atoms with van der Waals surface area (Å²) in [5.41, 5.74) is 7.27. The molecule has 1 aliphatic rings. The summed E-state index contributed by atoms with van der Waals surface area (Å²) < 4.78 is 33.0. The van der Waals surface area contributed by atoms with Gasteiger partial charge in [0.15, 0.2) is 6.10 Å². The van der Waals surface area contributed by atoms with E-state index in [0.717, 1.165) is 17.0 Å². The SMILES string of the molecule is CN(C)c1ccccc1C(=O)N1CCOCC1CNC(=O)c1ccc([C@H](N)C(ON)C(C)(F)F)s1. The normalized spacial score (nSPS) is 18.1. The van der Waals surface area contributed by atoms with Crippen molar-refractivity contribution in [3.63, 3.8) is 0 Å². The number of carbonyl (C=O) groups is 2. The Kier molecular flexibility index (Phi) is 8.78. The molecule has 0 spiro atoms. The summed E-state index contributed by atoms with van der Waals surface area (Å²) in [6.45, 7) is 1.90. The molecule has 2 amide bonds. The summed E-state index contributed by atoms with van der Waals surface area (Å²) in [5.74, 6) is 1.20. The fourth-order valence-electron chi connectivity index (χ4n) is 3.91. The number of benzene rings is 1. The number of rotatable bonds is 9. The molecule has 0 aliphatic carbocycles. The molecule has 1 saturated heterocycles. The highest BCUT2D eigenvalue weighted by molar-refractivity contribution is 7.14. The van der Waals surface area contributed by atoms with E-state index in [1.54, 1.807) is 11.0 Å². The molecule has 0 bridgehead atoms. The maximum Gasteiger partial charge on any atom is 0.274 e. The average Bonchev–Trinajstić information content (AvgIpc) is 3.32. The molecule has 192 valence electrons. The first-order valence-corrected chi connectivity index (χ1v) is 11.9. The van der Waals surface area contributed by atoms with Gasteiger partial charge in [0.2, 0.25) is 0 Å². The van der Waals surface area contributed by atoms with Gasteiger partial charge in [-0.2, -0.15) is 0 Å². The fraction of sp³-hybridized carbons (Fsp3) is 0.478. The molecule has 2 aromatic rings. The summed E-state index contributed by atoms with van der Waals surface area (Å²) in [4.78, 5) is 34.7. The lowest BCUT2D eigenvalue weighted by atomic mass is 10.1. The Hall–Kier alpha value is -2.64. The Labute approximate surface area is 206 Å². The Morgan fingerprint density at radius 3 is 2.69 bits per heavy atom. The zero-order valence-corrected chi connectivity index (χ0v) is 20.7. The van der Waals surface area contributed by atoms with E-state index < -0.39 is 24.0 Å². The molecule has 1 aromatic carbocycles. The molecule has 0 saturated carbocycles. The van der Waals surface area contributed by atoms with Gasteiger partial charge in [0, 0.05) is 44.7 Å². The first-order valence-electron chi connectivity index (χ1n) is 11.1. The van der Waals surface area contributed by atoms with Gasteiger partial charge in [-0.05, 0) is 24.3 Å². The number of hydrogen-bond acceptors (Lipinski definition) is 8. The van der Waals surface area contributed by atoms with Gasteiger partial charge in [-0.25, -0.2) is 14.7 Å². The molecule has 0 radical (unpaired) electrons. The number of amides is 2. The number of nitrogens with one attached hydrogen (secondary N) is 1. The van der Waals surface area contributed by atoms with Crippen LogP contribution < -0.4 is 21.8 Å². The van der Waals surface area contributed by atoms with E-state index in [0.29, 0.717) is 30.5 Å². The second-order valence-corrected chi connectivity index (χ2v) is 9.71. The number of para-hydroxylation sites is 1. The molecule has 2 heterocycles. The number of ether oxygens (including phenoxy) is 1. The number of nitrogens with two attached hydrogens (primary N) is 2. The van der Waals surface area contributed by atoms with Crippen LogP contribution in [0.3, 0.4) is 0 Å². The van der Waals surface area contributed by atoms with Crippen LogP contribution in [0.2, 0.25) is 0 Å². The standard InChI is InChI=1S/C23H31F2N5O4S/c1-23(24,25)20(34-27)19(26)17-8-9-18(35-17)21(31)28-12-14-13-33-11-10-30(14)22(32)15-6-4-5-7-16(15)29(2)3/h4-9,14,19-20H,10-13,26-27H2,1-3H3,(H,28,31)/t14?,19-,20?/m0/s1. The van der Waals surface area contributed by atoms with Crippen LogP contribution >= 0.6 is 11.3 Å². The van der Waals surface area contributed by atoms with Crippen molar-refractivity contribution in [2.24, 2.45) is 11.6 Å². The van der Waals surface area contributed by atoms with Crippen LogP contribution in [0.4, 0.5) is 14.5 Å². The summed E-state index contributed by atoms with van der Waals surface area (Å²) in [6.07, 6.45) is -1.74. The van der Waals surface area contributed by atoms with Crippen LogP contribution in [-0.2, 0) is 9.57 Å². The topological polar surface area (TPSA) is 123 Å². The number of hydrogen-bond donors (Lipinski definition) is 3. The zero-order chi connectivity index (χ0) is 25.8. The molecule has 12 heteroatoms. The molecule has 3 rings (SSSR count). The van der Waals surface area contributed by atoms with Crippen LogP contribution in [0.5, 0.6) is 0 Å². The van der Waals surface area contributed by atoms with Crippen molar-refractivity contribution in [3.8, 4) is 0 Å². The molecule has 9 nitrogen and oxygen atoms in total. The molecule has 1 fully saturated rings. The van der Waals surface area contributed by atoms with Crippen molar-refractivity contribution in [3.05, 3.63) is 51.7 Å². The maximum absolute atomic E-state index is 13.7. The van der Waals surface area contributed by atoms with E-state index in [2.05, 4.69) is 10.2 Å². The lowest BCUT2D eigenvalue weighted by Gasteiger charge is -2.36. The Balaban J connectivity index is 1.68. The summed E-state index contributed by atoms with van der Waals surface area (Å²) in [6, 6.07) is 8.76. The predicted molar refractivity (Wildman–Crippen MR) is 130 cm³/mol. The van der Waals surface area contributed by atoms with Crippen LogP contribution in [0.15, 0.2) is 36.4 Å². The Bertz CT molecular complexity index is 1030. The van der Waals surface area contributed by atoms with Crippen molar-refractivity contribution in [1.82, 2.24) is 10.2 Å². The zero-order valence-electron chi connectivity index (χ0n) is 19.9. The van der Waals surface area contributed by atoms with Crippen LogP contribution in [0.1, 0.15) is 37.9 Å². The number of thiophene rings is 1. The minimum Gasteiger partial charge on any atom is -0.377 e. The van der Waals surface area contributed by atoms with Crippen molar-refractivity contribution in [2.75, 3.05) is 45.3 Å². The van der Waals surface area contributed by atoms with E-state index in [-0.39, 0.29) is 30.0 Å².